The fraction of sp³-hybridized carbons (Fsp3) is 0.250. The summed E-state index contributed by atoms with van der Waals surface area (Å²) in [7, 11) is 0. The molecule has 0 spiro atoms. The maximum Gasteiger partial charge on any atom is 0.0452 e. The first-order chi connectivity index (χ1) is 9.15. The molecule has 98 valence electrons. The summed E-state index contributed by atoms with van der Waals surface area (Å²) < 4.78 is 4.09. The van der Waals surface area contributed by atoms with Crippen LogP contribution in [0.1, 0.15) is 25.0 Å². The molecule has 0 saturated carbocycles. The van der Waals surface area contributed by atoms with Gasteiger partial charge in [0.25, 0.3) is 0 Å². The zero-order valence-electron chi connectivity index (χ0n) is 10.9. The van der Waals surface area contributed by atoms with Crippen LogP contribution in [0.2, 0.25) is 5.02 Å². The summed E-state index contributed by atoms with van der Waals surface area (Å²) >= 11 is 10.6. The van der Waals surface area contributed by atoms with Crippen molar-refractivity contribution in [3.05, 3.63) is 44.0 Å². The molecular weight excluding hydrogens is 387 g/mol. The third-order valence-electron chi connectivity index (χ3n) is 3.59. The van der Waals surface area contributed by atoms with Crippen LogP contribution in [-0.4, -0.2) is 0 Å². The Balaban J connectivity index is 2.45. The van der Waals surface area contributed by atoms with E-state index in [1.807, 2.05) is 17.4 Å². The molecule has 1 heterocycles. The molecule has 0 aliphatic rings. The minimum atomic E-state index is 0.895. The minimum Gasteiger partial charge on any atom is -0.135 e. The fourth-order valence-corrected chi connectivity index (χ4v) is 5.29. The number of aryl methyl sites for hydroxylation is 2. The van der Waals surface area contributed by atoms with E-state index in [1.54, 1.807) is 0 Å². The Morgan fingerprint density at radius 3 is 2.58 bits per heavy atom. The number of fused-ring (bicyclic) bond motifs is 3. The lowest BCUT2D eigenvalue weighted by Crippen LogP contribution is -1.85. The van der Waals surface area contributed by atoms with Gasteiger partial charge in [0.1, 0.15) is 0 Å². The first kappa shape index (κ1) is 13.7. The largest absolute Gasteiger partial charge is 0.135 e. The van der Waals surface area contributed by atoms with E-state index in [-0.39, 0.29) is 0 Å². The molecule has 3 aromatic rings. The third kappa shape index (κ3) is 2.18. The maximum absolute atomic E-state index is 6.33. The third-order valence-corrected chi connectivity index (χ3v) is 6.18. The van der Waals surface area contributed by atoms with Gasteiger partial charge in [0.2, 0.25) is 0 Å². The fourth-order valence-electron chi connectivity index (χ4n) is 2.54. The van der Waals surface area contributed by atoms with Gasteiger partial charge in [-0.05, 0) is 64.8 Å². The number of rotatable bonds is 2. The van der Waals surface area contributed by atoms with Crippen LogP contribution in [0.25, 0.3) is 20.2 Å². The quantitative estimate of drug-likeness (QED) is 0.434. The Kier molecular flexibility index (Phi) is 3.76. The highest BCUT2D eigenvalue weighted by Crippen LogP contribution is 2.40. The second kappa shape index (κ2) is 5.23. The van der Waals surface area contributed by atoms with Crippen LogP contribution in [-0.2, 0) is 12.8 Å². The number of hydrogen-bond donors (Lipinski definition) is 0. The second-order valence-corrected chi connectivity index (χ2v) is 7.27. The molecule has 0 aliphatic heterocycles. The van der Waals surface area contributed by atoms with Crippen molar-refractivity contribution in [2.75, 3.05) is 0 Å². The summed E-state index contributed by atoms with van der Waals surface area (Å²) in [5.41, 5.74) is 2.72. The van der Waals surface area contributed by atoms with E-state index in [4.69, 9.17) is 11.6 Å². The van der Waals surface area contributed by atoms with Gasteiger partial charge in [0, 0.05) is 28.8 Å². The average Bonchev–Trinajstić information content (AvgIpc) is 2.74. The van der Waals surface area contributed by atoms with Gasteiger partial charge in [-0.3, -0.25) is 0 Å². The molecular formula is C16H14ClIS. The number of halogens is 2. The van der Waals surface area contributed by atoms with Crippen molar-refractivity contribution in [2.24, 2.45) is 0 Å². The molecule has 19 heavy (non-hydrogen) atoms. The van der Waals surface area contributed by atoms with Gasteiger partial charge >= 0.3 is 0 Å². The summed E-state index contributed by atoms with van der Waals surface area (Å²) in [5.74, 6) is 0. The zero-order chi connectivity index (χ0) is 13.6. The predicted octanol–water partition coefficient (Wildman–Crippen LogP) is 6.44. The lowest BCUT2D eigenvalue weighted by Gasteiger charge is -2.03. The molecule has 0 nitrogen and oxygen atoms in total. The number of benzene rings is 2. The Hall–Kier alpha value is -0.320. The molecule has 0 aliphatic carbocycles. The average molecular weight is 401 g/mol. The summed E-state index contributed by atoms with van der Waals surface area (Å²) in [4.78, 5) is 0. The molecule has 3 rings (SSSR count). The van der Waals surface area contributed by atoms with Crippen LogP contribution in [0.4, 0.5) is 0 Å². The van der Waals surface area contributed by atoms with Crippen LogP contribution in [0, 0.1) is 3.57 Å². The number of hydrogen-bond acceptors (Lipinski definition) is 1. The van der Waals surface area contributed by atoms with Crippen molar-refractivity contribution in [2.45, 2.75) is 26.7 Å². The first-order valence-corrected chi connectivity index (χ1v) is 8.75. The normalized spacial score (nSPS) is 11.6. The van der Waals surface area contributed by atoms with E-state index >= 15 is 0 Å². The van der Waals surface area contributed by atoms with E-state index in [9.17, 15) is 0 Å². The highest BCUT2D eigenvalue weighted by Gasteiger charge is 2.12. The van der Waals surface area contributed by atoms with E-state index in [0.29, 0.717) is 0 Å². The Morgan fingerprint density at radius 1 is 1.11 bits per heavy atom. The zero-order valence-corrected chi connectivity index (χ0v) is 14.6. The van der Waals surface area contributed by atoms with Crippen molar-refractivity contribution < 1.29 is 0 Å². The van der Waals surface area contributed by atoms with Gasteiger partial charge in [-0.1, -0.05) is 31.5 Å². The van der Waals surface area contributed by atoms with Crippen LogP contribution in [0.5, 0.6) is 0 Å². The Bertz CT molecular complexity index is 773. The lowest BCUT2D eigenvalue weighted by molar-refractivity contribution is 1.13. The van der Waals surface area contributed by atoms with E-state index in [2.05, 4.69) is 54.6 Å². The molecule has 0 radical (unpaired) electrons. The van der Waals surface area contributed by atoms with Crippen molar-refractivity contribution >= 4 is 65.7 Å². The van der Waals surface area contributed by atoms with Crippen LogP contribution < -0.4 is 0 Å². The molecule has 0 saturated heterocycles. The van der Waals surface area contributed by atoms with E-state index in [0.717, 1.165) is 17.9 Å². The van der Waals surface area contributed by atoms with Gasteiger partial charge in [0.05, 0.1) is 0 Å². The van der Waals surface area contributed by atoms with Gasteiger partial charge in [-0.15, -0.1) is 11.3 Å². The van der Waals surface area contributed by atoms with Crippen LogP contribution in [0.3, 0.4) is 0 Å². The van der Waals surface area contributed by atoms with Crippen molar-refractivity contribution in [1.82, 2.24) is 0 Å². The van der Waals surface area contributed by atoms with Gasteiger partial charge in [-0.2, -0.15) is 0 Å². The van der Waals surface area contributed by atoms with Crippen molar-refractivity contribution in [3.8, 4) is 0 Å². The highest BCUT2D eigenvalue weighted by atomic mass is 127. The van der Waals surface area contributed by atoms with Crippen LogP contribution in [0.15, 0.2) is 24.3 Å². The maximum atomic E-state index is 6.33. The number of thiophene rings is 1. The Morgan fingerprint density at radius 2 is 1.89 bits per heavy atom. The van der Waals surface area contributed by atoms with Crippen LogP contribution >= 0.6 is 45.5 Å². The van der Waals surface area contributed by atoms with E-state index in [1.165, 1.54) is 34.9 Å². The van der Waals surface area contributed by atoms with Crippen molar-refractivity contribution in [3.63, 3.8) is 0 Å². The summed E-state index contributed by atoms with van der Waals surface area (Å²) in [6.45, 7) is 4.39. The van der Waals surface area contributed by atoms with E-state index < -0.39 is 0 Å². The van der Waals surface area contributed by atoms with Crippen molar-refractivity contribution in [1.29, 1.82) is 0 Å². The molecule has 2 aromatic carbocycles. The molecule has 0 bridgehead atoms. The monoisotopic (exact) mass is 400 g/mol. The highest BCUT2D eigenvalue weighted by molar-refractivity contribution is 14.1. The molecule has 0 atom stereocenters. The second-order valence-electron chi connectivity index (χ2n) is 4.65. The van der Waals surface area contributed by atoms with Gasteiger partial charge < -0.3 is 0 Å². The summed E-state index contributed by atoms with van der Waals surface area (Å²) in [6, 6.07) is 8.87. The molecule has 0 N–H and O–H groups in total. The first-order valence-electron chi connectivity index (χ1n) is 6.47. The lowest BCUT2D eigenvalue weighted by atomic mass is 10.1. The molecule has 0 fully saturated rings. The Labute approximate surface area is 135 Å². The molecule has 1 aromatic heterocycles. The topological polar surface area (TPSA) is 0 Å². The minimum absolute atomic E-state index is 0.895. The molecule has 0 unspecified atom stereocenters. The standard InChI is InChI=1S/C16H14ClIS/c1-3-9-7-12-11-5-6-13(17)10(4-2)16(11)19-15(12)8-14(9)18/h5-8H,3-4H2,1-2H3. The summed E-state index contributed by atoms with van der Waals surface area (Å²) in [6.07, 6.45) is 2.07. The SMILES string of the molecule is CCc1cc2c(cc1I)sc1c(CC)c(Cl)ccc12. The smallest absolute Gasteiger partial charge is 0.0452 e. The predicted molar refractivity (Wildman–Crippen MR) is 95.8 cm³/mol. The summed E-state index contributed by atoms with van der Waals surface area (Å²) in [5, 5.41) is 3.63. The molecule has 0 amide bonds. The molecule has 3 heteroatoms. The van der Waals surface area contributed by atoms with Gasteiger partial charge in [0.15, 0.2) is 0 Å². The van der Waals surface area contributed by atoms with Gasteiger partial charge in [-0.25, -0.2) is 0 Å².